The number of pyridine rings is 2. The molecule has 0 atom stereocenters. The van der Waals surface area contributed by atoms with Crippen molar-refractivity contribution < 1.29 is 0 Å². The third-order valence-corrected chi connectivity index (χ3v) is 3.81. The molecule has 0 radical (unpaired) electrons. The average Bonchev–Trinajstić information content (AvgIpc) is 2.85. The molecule has 0 aliphatic heterocycles. The van der Waals surface area contributed by atoms with E-state index < -0.39 is 0 Å². The molecule has 0 aliphatic rings. The number of anilines is 1. The summed E-state index contributed by atoms with van der Waals surface area (Å²) in [5.74, 6) is 0.518. The molecule has 0 bridgehead atoms. The number of nitrogens with one attached hydrogen (secondary N) is 1. The first kappa shape index (κ1) is 11.9. The highest BCUT2D eigenvalue weighted by Crippen LogP contribution is 2.30. The Bertz CT molecular complexity index is 969. The van der Waals surface area contributed by atoms with Gasteiger partial charge in [0.1, 0.15) is 11.5 Å². The Morgan fingerprint density at radius 2 is 1.86 bits per heavy atom. The zero-order valence-corrected chi connectivity index (χ0v) is 11.6. The van der Waals surface area contributed by atoms with Crippen molar-refractivity contribution >= 4 is 27.8 Å². The number of nitrogens with zero attached hydrogens (tertiary/aromatic N) is 2. The van der Waals surface area contributed by atoms with Crippen LogP contribution in [0, 0.1) is 6.92 Å². The fourth-order valence-electron chi connectivity index (χ4n) is 2.74. The average molecular weight is 274 g/mol. The van der Waals surface area contributed by atoms with Crippen LogP contribution in [-0.4, -0.2) is 15.0 Å². The number of aromatic nitrogens is 3. The van der Waals surface area contributed by atoms with E-state index in [4.69, 9.17) is 5.73 Å². The Morgan fingerprint density at radius 1 is 1.00 bits per heavy atom. The van der Waals surface area contributed by atoms with Crippen molar-refractivity contribution in [2.45, 2.75) is 6.92 Å². The van der Waals surface area contributed by atoms with Gasteiger partial charge in [-0.15, -0.1) is 0 Å². The summed E-state index contributed by atoms with van der Waals surface area (Å²) in [5.41, 5.74) is 11.2. The van der Waals surface area contributed by atoms with Gasteiger partial charge in [0.15, 0.2) is 0 Å². The van der Waals surface area contributed by atoms with Crippen LogP contribution in [0.3, 0.4) is 0 Å². The number of hydrogen-bond acceptors (Lipinski definition) is 3. The summed E-state index contributed by atoms with van der Waals surface area (Å²) < 4.78 is 0. The maximum absolute atomic E-state index is 5.80. The van der Waals surface area contributed by atoms with Gasteiger partial charge in [0.25, 0.3) is 0 Å². The van der Waals surface area contributed by atoms with Crippen molar-refractivity contribution in [1.29, 1.82) is 0 Å². The van der Waals surface area contributed by atoms with Crippen LogP contribution in [0.15, 0.2) is 48.8 Å². The fourth-order valence-corrected chi connectivity index (χ4v) is 2.74. The van der Waals surface area contributed by atoms with Gasteiger partial charge >= 0.3 is 0 Å². The van der Waals surface area contributed by atoms with E-state index in [1.165, 1.54) is 11.1 Å². The van der Waals surface area contributed by atoms with E-state index in [9.17, 15) is 0 Å². The van der Waals surface area contributed by atoms with Gasteiger partial charge in [-0.2, -0.15) is 0 Å². The summed E-state index contributed by atoms with van der Waals surface area (Å²) >= 11 is 0. The quantitative estimate of drug-likeness (QED) is 0.556. The number of aryl methyl sites for hydroxylation is 1. The smallest absolute Gasteiger partial charge is 0.138 e. The molecule has 1 aromatic carbocycles. The summed E-state index contributed by atoms with van der Waals surface area (Å²) in [5, 5.41) is 2.13. The van der Waals surface area contributed by atoms with Crippen molar-refractivity contribution in [3.05, 3.63) is 54.4 Å². The number of fused-ring (bicyclic) bond motifs is 3. The molecule has 0 aliphatic carbocycles. The molecule has 0 spiro atoms. The number of hydrogen-bond donors (Lipinski definition) is 2. The van der Waals surface area contributed by atoms with Crippen molar-refractivity contribution in [2.24, 2.45) is 0 Å². The number of nitrogens with two attached hydrogens (primary N) is 1. The van der Waals surface area contributed by atoms with Crippen LogP contribution in [0.1, 0.15) is 5.56 Å². The highest BCUT2D eigenvalue weighted by molar-refractivity contribution is 6.07. The molecule has 3 heterocycles. The minimum Gasteiger partial charge on any atom is -0.384 e. The maximum atomic E-state index is 5.80. The molecule has 3 aromatic heterocycles. The number of aromatic amines is 1. The van der Waals surface area contributed by atoms with Gasteiger partial charge in [-0.25, -0.2) is 9.97 Å². The van der Waals surface area contributed by atoms with Crippen LogP contribution in [0.4, 0.5) is 5.82 Å². The van der Waals surface area contributed by atoms with Crippen LogP contribution >= 0.6 is 0 Å². The Hall–Kier alpha value is -2.88. The van der Waals surface area contributed by atoms with Crippen molar-refractivity contribution in [1.82, 2.24) is 15.0 Å². The molecule has 0 unspecified atom stereocenters. The lowest BCUT2D eigenvalue weighted by atomic mass is 10.0. The van der Waals surface area contributed by atoms with Crippen LogP contribution in [0.25, 0.3) is 33.1 Å². The van der Waals surface area contributed by atoms with Gasteiger partial charge in [-0.3, -0.25) is 0 Å². The van der Waals surface area contributed by atoms with Crippen molar-refractivity contribution in [3.8, 4) is 11.1 Å². The lowest BCUT2D eigenvalue weighted by Gasteiger charge is -2.05. The van der Waals surface area contributed by atoms with Gasteiger partial charge in [-0.05, 0) is 30.2 Å². The maximum Gasteiger partial charge on any atom is 0.138 e. The normalized spacial score (nSPS) is 11.3. The molecule has 0 fully saturated rings. The topological polar surface area (TPSA) is 67.6 Å². The molecule has 0 saturated heterocycles. The molecule has 0 saturated carbocycles. The Balaban J connectivity index is 2.03. The van der Waals surface area contributed by atoms with Gasteiger partial charge in [0.05, 0.1) is 11.7 Å². The Morgan fingerprint density at radius 3 is 2.71 bits per heavy atom. The zero-order valence-electron chi connectivity index (χ0n) is 11.6. The second-order valence-corrected chi connectivity index (χ2v) is 5.21. The van der Waals surface area contributed by atoms with Crippen molar-refractivity contribution in [2.75, 3.05) is 5.73 Å². The van der Waals surface area contributed by atoms with E-state index in [0.29, 0.717) is 5.82 Å². The summed E-state index contributed by atoms with van der Waals surface area (Å²) in [6.07, 6.45) is 3.65. The zero-order chi connectivity index (χ0) is 14.4. The first-order chi connectivity index (χ1) is 10.2. The lowest BCUT2D eigenvalue weighted by molar-refractivity contribution is 1.32. The number of H-pyrrole nitrogens is 1. The molecule has 4 heteroatoms. The second kappa shape index (κ2) is 4.31. The predicted octanol–water partition coefficient (Wildman–Crippen LogP) is 3.67. The molecule has 3 N–H and O–H groups in total. The van der Waals surface area contributed by atoms with Crippen LogP contribution in [0.5, 0.6) is 0 Å². The Labute approximate surface area is 121 Å². The van der Waals surface area contributed by atoms with Gasteiger partial charge in [0.2, 0.25) is 0 Å². The van der Waals surface area contributed by atoms with E-state index in [1.807, 2.05) is 24.4 Å². The second-order valence-electron chi connectivity index (χ2n) is 5.21. The highest BCUT2D eigenvalue weighted by atomic mass is 14.9. The molecule has 21 heavy (non-hydrogen) atoms. The molecule has 102 valence electrons. The van der Waals surface area contributed by atoms with Crippen LogP contribution in [-0.2, 0) is 0 Å². The summed E-state index contributed by atoms with van der Waals surface area (Å²) in [7, 11) is 0. The Kier molecular flexibility index (Phi) is 2.44. The summed E-state index contributed by atoms with van der Waals surface area (Å²) in [6, 6.07) is 12.4. The van der Waals surface area contributed by atoms with Crippen molar-refractivity contribution in [3.63, 3.8) is 0 Å². The number of rotatable bonds is 1. The molecular weight excluding hydrogens is 260 g/mol. The molecular formula is C17H14N4. The summed E-state index contributed by atoms with van der Waals surface area (Å²) in [4.78, 5) is 11.9. The lowest BCUT2D eigenvalue weighted by Crippen LogP contribution is -1.87. The monoisotopic (exact) mass is 274 g/mol. The number of nitrogen functional groups attached to an aromatic ring is 1. The minimum absolute atomic E-state index is 0.518. The first-order valence-electron chi connectivity index (χ1n) is 6.81. The predicted molar refractivity (Wildman–Crippen MR) is 86.0 cm³/mol. The van der Waals surface area contributed by atoms with Gasteiger partial charge in [0, 0.05) is 22.5 Å². The third-order valence-electron chi connectivity index (χ3n) is 3.81. The first-order valence-corrected chi connectivity index (χ1v) is 6.81. The van der Waals surface area contributed by atoms with Gasteiger partial charge in [-0.1, -0.05) is 24.3 Å². The van der Waals surface area contributed by atoms with E-state index in [1.54, 1.807) is 6.20 Å². The van der Waals surface area contributed by atoms with Crippen LogP contribution in [0.2, 0.25) is 0 Å². The van der Waals surface area contributed by atoms with Gasteiger partial charge < -0.3 is 10.7 Å². The minimum atomic E-state index is 0.518. The van der Waals surface area contributed by atoms with E-state index in [-0.39, 0.29) is 0 Å². The summed E-state index contributed by atoms with van der Waals surface area (Å²) in [6.45, 7) is 2.11. The molecule has 0 amide bonds. The van der Waals surface area contributed by atoms with E-state index >= 15 is 0 Å². The molecule has 4 rings (SSSR count). The van der Waals surface area contributed by atoms with E-state index in [2.05, 4.69) is 40.1 Å². The van der Waals surface area contributed by atoms with E-state index in [0.717, 1.165) is 27.5 Å². The largest absolute Gasteiger partial charge is 0.384 e. The third kappa shape index (κ3) is 1.84. The van der Waals surface area contributed by atoms with Crippen LogP contribution < -0.4 is 5.73 Å². The SMILES string of the molecule is Cc1ccccc1-c1cnc2[nH]c3cnc(N)cc3c2c1. The number of benzene rings is 1. The fraction of sp³-hybridized carbons (Fsp3) is 0.0588. The molecule has 4 aromatic rings. The standard InChI is InChI=1S/C17H14N4/c1-10-4-2-3-5-12(10)11-6-14-13-7-16(18)19-9-15(13)21-17(14)20-8-11/h2-9H,1H3,(H2,18,19)(H,20,21). The highest BCUT2D eigenvalue weighted by Gasteiger charge is 2.09. The molecule has 4 nitrogen and oxygen atoms in total.